The standard InChI is InChI=1S/C24H20BrClN4O7S/c1-34-22-12-21(28-24(29-22)35-2)30-38(32,33)17-7-4-15(5-8-17)27-23(31)20-10-6-16(37-20)13-36-19-9-3-14(25)11-18(19)26/h3-12H,13H2,1-2H3,(H,27,31)(H,28,29,30). The highest BCUT2D eigenvalue weighted by Gasteiger charge is 2.18. The van der Waals surface area contributed by atoms with E-state index in [0.717, 1.165) is 4.47 Å². The SMILES string of the molecule is COc1cc(NS(=O)(=O)c2ccc(NC(=O)c3ccc(COc4ccc(Br)cc4Cl)o3)cc2)nc(OC)n1. The van der Waals surface area contributed by atoms with E-state index in [-0.39, 0.29) is 35.0 Å². The summed E-state index contributed by atoms with van der Waals surface area (Å²) in [5.74, 6) is 0.505. The van der Waals surface area contributed by atoms with Crippen molar-refractivity contribution in [1.29, 1.82) is 0 Å². The second kappa shape index (κ2) is 11.7. The molecule has 4 rings (SSSR count). The Morgan fingerprint density at radius 1 is 1.03 bits per heavy atom. The van der Waals surface area contributed by atoms with E-state index in [2.05, 4.69) is 35.9 Å². The molecule has 0 bridgehead atoms. The van der Waals surface area contributed by atoms with Crippen LogP contribution in [0.3, 0.4) is 0 Å². The van der Waals surface area contributed by atoms with Crippen LogP contribution in [0.2, 0.25) is 5.02 Å². The lowest BCUT2D eigenvalue weighted by atomic mass is 10.3. The number of nitrogens with one attached hydrogen (secondary N) is 2. The first kappa shape index (κ1) is 27.2. The summed E-state index contributed by atoms with van der Waals surface area (Å²) < 4.78 is 49.9. The number of ether oxygens (including phenoxy) is 3. The summed E-state index contributed by atoms with van der Waals surface area (Å²) in [6.45, 7) is 0.0677. The molecule has 2 aromatic heterocycles. The van der Waals surface area contributed by atoms with Crippen molar-refractivity contribution in [2.24, 2.45) is 0 Å². The Kier molecular flexibility index (Phi) is 8.39. The van der Waals surface area contributed by atoms with Crippen molar-refractivity contribution in [2.75, 3.05) is 24.3 Å². The van der Waals surface area contributed by atoms with Crippen molar-refractivity contribution in [2.45, 2.75) is 11.5 Å². The van der Waals surface area contributed by atoms with Crippen LogP contribution in [0.25, 0.3) is 0 Å². The number of hydrogen-bond donors (Lipinski definition) is 2. The van der Waals surface area contributed by atoms with Crippen molar-refractivity contribution < 1.29 is 31.8 Å². The molecule has 0 fully saturated rings. The van der Waals surface area contributed by atoms with Gasteiger partial charge in [-0.05, 0) is 54.6 Å². The number of rotatable bonds is 10. The van der Waals surface area contributed by atoms with Crippen LogP contribution in [0.15, 0.2) is 74.4 Å². The Balaban J connectivity index is 1.38. The smallest absolute Gasteiger partial charge is 0.321 e. The molecule has 1 amide bonds. The predicted molar refractivity (Wildman–Crippen MR) is 143 cm³/mol. The molecule has 4 aromatic rings. The molecule has 0 aliphatic rings. The molecular formula is C24H20BrClN4O7S. The van der Waals surface area contributed by atoms with Gasteiger partial charge in [0.25, 0.3) is 15.9 Å². The molecule has 198 valence electrons. The number of anilines is 2. The number of carbonyl (C=O) groups excluding carboxylic acids is 1. The van der Waals surface area contributed by atoms with Gasteiger partial charge in [-0.25, -0.2) is 8.42 Å². The van der Waals surface area contributed by atoms with Gasteiger partial charge in [-0.3, -0.25) is 9.52 Å². The highest BCUT2D eigenvalue weighted by molar-refractivity contribution is 9.10. The number of nitrogens with zero attached hydrogens (tertiary/aromatic N) is 2. The summed E-state index contributed by atoms with van der Waals surface area (Å²) in [6, 6.07) is 15.1. The fourth-order valence-corrected chi connectivity index (χ4v) is 4.80. The van der Waals surface area contributed by atoms with Gasteiger partial charge in [0.1, 0.15) is 18.1 Å². The molecule has 2 heterocycles. The van der Waals surface area contributed by atoms with Gasteiger partial charge in [-0.15, -0.1) is 0 Å². The summed E-state index contributed by atoms with van der Waals surface area (Å²) in [5, 5.41) is 3.08. The Bertz CT molecular complexity index is 1540. The maximum Gasteiger partial charge on any atom is 0.321 e. The number of carbonyl (C=O) groups is 1. The number of hydrogen-bond acceptors (Lipinski definition) is 9. The number of halogens is 2. The predicted octanol–water partition coefficient (Wildman–Crippen LogP) is 5.13. The van der Waals surface area contributed by atoms with Crippen molar-refractivity contribution >= 4 is 55.0 Å². The molecule has 0 radical (unpaired) electrons. The lowest BCUT2D eigenvalue weighted by molar-refractivity contribution is 0.0992. The molecule has 0 saturated heterocycles. The first-order valence-corrected chi connectivity index (χ1v) is 13.4. The Morgan fingerprint density at radius 3 is 2.47 bits per heavy atom. The number of aromatic nitrogens is 2. The molecule has 14 heteroatoms. The lowest BCUT2D eigenvalue weighted by Gasteiger charge is -2.10. The van der Waals surface area contributed by atoms with E-state index in [1.165, 1.54) is 50.6 Å². The molecule has 0 unspecified atom stereocenters. The average Bonchev–Trinajstić information content (AvgIpc) is 3.37. The van der Waals surface area contributed by atoms with Crippen LogP contribution >= 0.6 is 27.5 Å². The van der Waals surface area contributed by atoms with Gasteiger partial charge in [0, 0.05) is 16.2 Å². The van der Waals surface area contributed by atoms with Gasteiger partial charge in [0.2, 0.25) is 5.88 Å². The van der Waals surface area contributed by atoms with Crippen LogP contribution in [0, 0.1) is 0 Å². The molecule has 11 nitrogen and oxygen atoms in total. The molecule has 0 aliphatic heterocycles. The molecule has 0 spiro atoms. The van der Waals surface area contributed by atoms with Gasteiger partial charge >= 0.3 is 6.01 Å². The van der Waals surface area contributed by atoms with Crippen LogP contribution in [-0.2, 0) is 16.6 Å². The van der Waals surface area contributed by atoms with E-state index in [4.69, 9.17) is 30.2 Å². The minimum Gasteiger partial charge on any atom is -0.484 e. The highest BCUT2D eigenvalue weighted by atomic mass is 79.9. The Labute approximate surface area is 231 Å². The zero-order valence-electron chi connectivity index (χ0n) is 19.9. The highest BCUT2D eigenvalue weighted by Crippen LogP contribution is 2.28. The van der Waals surface area contributed by atoms with Crippen LogP contribution in [0.5, 0.6) is 17.6 Å². The maximum atomic E-state index is 12.8. The lowest BCUT2D eigenvalue weighted by Crippen LogP contribution is -2.15. The second-order valence-corrected chi connectivity index (χ2v) is 10.5. The second-order valence-electron chi connectivity index (χ2n) is 7.50. The molecule has 0 aliphatic carbocycles. The molecule has 2 aromatic carbocycles. The third-order valence-corrected chi connectivity index (χ3v) is 7.04. The van der Waals surface area contributed by atoms with Crippen molar-refractivity contribution in [1.82, 2.24) is 9.97 Å². The van der Waals surface area contributed by atoms with Crippen LogP contribution in [0.4, 0.5) is 11.5 Å². The minimum atomic E-state index is -4.00. The molecule has 0 saturated carbocycles. The van der Waals surface area contributed by atoms with Crippen LogP contribution in [0.1, 0.15) is 16.3 Å². The van der Waals surface area contributed by atoms with Gasteiger partial charge in [0.05, 0.1) is 24.1 Å². The fraction of sp³-hybridized carbons (Fsp3) is 0.125. The number of sulfonamides is 1. The number of amides is 1. The third-order valence-electron chi connectivity index (χ3n) is 4.88. The van der Waals surface area contributed by atoms with Crippen molar-refractivity contribution in [3.05, 3.63) is 81.7 Å². The molecule has 38 heavy (non-hydrogen) atoms. The fourth-order valence-electron chi connectivity index (χ4n) is 3.08. The summed E-state index contributed by atoms with van der Waals surface area (Å²) in [7, 11) is -1.28. The van der Waals surface area contributed by atoms with Crippen LogP contribution in [-0.4, -0.2) is 38.5 Å². The first-order valence-electron chi connectivity index (χ1n) is 10.7. The quantitative estimate of drug-likeness (QED) is 0.246. The van der Waals surface area contributed by atoms with E-state index in [1.807, 2.05) is 0 Å². The van der Waals surface area contributed by atoms with Gasteiger partial charge in [-0.2, -0.15) is 9.97 Å². The van der Waals surface area contributed by atoms with E-state index in [0.29, 0.717) is 22.2 Å². The van der Waals surface area contributed by atoms with E-state index in [1.54, 1.807) is 24.3 Å². The monoisotopic (exact) mass is 622 g/mol. The Morgan fingerprint density at radius 2 is 1.79 bits per heavy atom. The van der Waals surface area contributed by atoms with Gasteiger partial charge in [-0.1, -0.05) is 27.5 Å². The maximum absolute atomic E-state index is 12.8. The summed E-state index contributed by atoms with van der Waals surface area (Å²) in [6.07, 6.45) is 0. The normalized spacial score (nSPS) is 11.1. The van der Waals surface area contributed by atoms with Crippen molar-refractivity contribution in [3.8, 4) is 17.6 Å². The number of methoxy groups -OCH3 is 2. The van der Waals surface area contributed by atoms with Gasteiger partial charge in [0.15, 0.2) is 11.6 Å². The van der Waals surface area contributed by atoms with E-state index >= 15 is 0 Å². The van der Waals surface area contributed by atoms with Crippen LogP contribution < -0.4 is 24.2 Å². The van der Waals surface area contributed by atoms with E-state index < -0.39 is 15.9 Å². The average molecular weight is 624 g/mol. The number of benzene rings is 2. The summed E-state index contributed by atoms with van der Waals surface area (Å²) >= 11 is 9.47. The molecule has 0 atom stereocenters. The minimum absolute atomic E-state index is 0.0360. The zero-order chi connectivity index (χ0) is 27.3. The molecular weight excluding hydrogens is 604 g/mol. The topological polar surface area (TPSA) is 142 Å². The summed E-state index contributed by atoms with van der Waals surface area (Å²) in [5.41, 5.74) is 0.357. The van der Waals surface area contributed by atoms with E-state index in [9.17, 15) is 13.2 Å². The van der Waals surface area contributed by atoms with Gasteiger partial charge < -0.3 is 23.9 Å². The van der Waals surface area contributed by atoms with Crippen molar-refractivity contribution in [3.63, 3.8) is 0 Å². The first-order chi connectivity index (χ1) is 18.2. The number of furan rings is 1. The summed E-state index contributed by atoms with van der Waals surface area (Å²) in [4.78, 5) is 20.4. The Hall–Kier alpha value is -3.81. The third kappa shape index (κ3) is 6.73. The largest absolute Gasteiger partial charge is 0.484 e. The molecule has 2 N–H and O–H groups in total. The zero-order valence-corrected chi connectivity index (χ0v) is 23.1.